The highest BCUT2D eigenvalue weighted by Crippen LogP contribution is 2.46. The third-order valence-corrected chi connectivity index (χ3v) is 6.33. The molecule has 1 amide bonds. The Morgan fingerprint density at radius 2 is 2.00 bits per heavy atom. The van der Waals surface area contributed by atoms with Gasteiger partial charge in [-0.15, -0.1) is 0 Å². The fourth-order valence-corrected chi connectivity index (χ4v) is 4.88. The molecule has 0 unspecified atom stereocenters. The molecule has 3 heterocycles. The minimum Gasteiger partial charge on any atom is -0.392 e. The lowest BCUT2D eigenvalue weighted by atomic mass is 9.72. The topological polar surface area (TPSA) is 70.7 Å². The average molecular weight is 362 g/mol. The highest BCUT2D eigenvalue weighted by Gasteiger charge is 2.48. The number of fused-ring (bicyclic) bond motifs is 3. The van der Waals surface area contributed by atoms with E-state index in [-0.39, 0.29) is 17.4 Å². The summed E-state index contributed by atoms with van der Waals surface area (Å²) in [7, 11) is 0. The Kier molecular flexibility index (Phi) is 3.59. The number of amides is 1. The number of aromatic nitrogens is 3. The van der Waals surface area contributed by atoms with Crippen LogP contribution >= 0.6 is 0 Å². The Morgan fingerprint density at radius 3 is 2.81 bits per heavy atom. The second kappa shape index (κ2) is 5.89. The first-order valence-corrected chi connectivity index (χ1v) is 9.45. The van der Waals surface area contributed by atoms with Gasteiger partial charge >= 0.3 is 0 Å². The molecular formula is C21H22N4O2. The lowest BCUT2D eigenvalue weighted by Gasteiger charge is -2.42. The largest absolute Gasteiger partial charge is 0.392 e. The molecule has 2 aromatic heterocycles. The maximum atomic E-state index is 13.2. The Labute approximate surface area is 157 Å². The van der Waals surface area contributed by atoms with Crippen LogP contribution in [0.25, 0.3) is 5.78 Å². The van der Waals surface area contributed by atoms with Crippen molar-refractivity contribution in [2.24, 2.45) is 0 Å². The highest BCUT2D eigenvalue weighted by molar-refractivity contribution is 5.94. The molecule has 1 atom stereocenters. The fourth-order valence-electron chi connectivity index (χ4n) is 4.88. The number of aliphatic hydroxyl groups is 1. The number of carbonyl (C=O) groups excluding carboxylic acids is 1. The number of carbonyl (C=O) groups is 1. The number of aliphatic hydroxyl groups excluding tert-OH is 1. The molecule has 1 spiro atoms. The van der Waals surface area contributed by atoms with Gasteiger partial charge in [0.1, 0.15) is 5.69 Å². The fraction of sp³-hybridized carbons (Fsp3) is 0.381. The van der Waals surface area contributed by atoms with Crippen LogP contribution in [-0.2, 0) is 11.8 Å². The van der Waals surface area contributed by atoms with Gasteiger partial charge in [0.05, 0.1) is 11.8 Å². The van der Waals surface area contributed by atoms with Crippen LogP contribution in [0.5, 0.6) is 0 Å². The Bertz CT molecular complexity index is 1030. The molecule has 5 rings (SSSR count). The van der Waals surface area contributed by atoms with Crippen molar-refractivity contribution in [1.29, 1.82) is 0 Å². The minimum atomic E-state index is -0.367. The summed E-state index contributed by atoms with van der Waals surface area (Å²) in [6.45, 7) is 3.12. The van der Waals surface area contributed by atoms with Crippen molar-refractivity contribution in [3.63, 3.8) is 0 Å². The molecule has 0 radical (unpaired) electrons. The predicted octanol–water partition coefficient (Wildman–Crippen LogP) is 2.13. The van der Waals surface area contributed by atoms with Crippen molar-refractivity contribution in [2.45, 2.75) is 37.7 Å². The Morgan fingerprint density at radius 1 is 1.22 bits per heavy atom. The zero-order chi connectivity index (χ0) is 18.6. The lowest BCUT2D eigenvalue weighted by molar-refractivity contribution is 0.0361. The van der Waals surface area contributed by atoms with E-state index in [1.807, 2.05) is 36.2 Å². The third kappa shape index (κ3) is 2.33. The molecule has 0 bridgehead atoms. The van der Waals surface area contributed by atoms with Crippen LogP contribution in [0.4, 0.5) is 0 Å². The first-order chi connectivity index (χ1) is 13.1. The molecule has 1 aliphatic carbocycles. The molecule has 6 nitrogen and oxygen atoms in total. The van der Waals surface area contributed by atoms with Crippen molar-refractivity contribution in [2.75, 3.05) is 13.1 Å². The average Bonchev–Trinajstić information content (AvgIpc) is 3.16. The van der Waals surface area contributed by atoms with Gasteiger partial charge in [0.2, 0.25) is 5.78 Å². The van der Waals surface area contributed by atoms with Crippen molar-refractivity contribution < 1.29 is 9.90 Å². The van der Waals surface area contributed by atoms with Gasteiger partial charge in [-0.2, -0.15) is 0 Å². The molecule has 138 valence electrons. The summed E-state index contributed by atoms with van der Waals surface area (Å²) < 4.78 is 1.77. The van der Waals surface area contributed by atoms with E-state index in [9.17, 15) is 9.90 Å². The maximum Gasteiger partial charge on any atom is 0.272 e. The van der Waals surface area contributed by atoms with Gasteiger partial charge in [-0.1, -0.05) is 24.3 Å². The molecule has 27 heavy (non-hydrogen) atoms. The van der Waals surface area contributed by atoms with Crippen LogP contribution in [0.3, 0.4) is 0 Å². The molecular weight excluding hydrogens is 340 g/mol. The summed E-state index contributed by atoms with van der Waals surface area (Å²) >= 11 is 0. The van der Waals surface area contributed by atoms with Crippen molar-refractivity contribution >= 4 is 11.7 Å². The van der Waals surface area contributed by atoms with E-state index in [2.05, 4.69) is 22.1 Å². The monoisotopic (exact) mass is 362 g/mol. The minimum absolute atomic E-state index is 0.0105. The van der Waals surface area contributed by atoms with Gasteiger partial charge in [0, 0.05) is 30.9 Å². The molecule has 1 N–H and O–H groups in total. The standard InChI is InChI=1S/C21H22N4O2/c1-14-18(25-10-4-9-22-20(25)23-14)19(27)24-11-7-21(8-12-24)16-6-3-2-5-15(16)13-17(21)26/h2-6,9-10,17,26H,7-8,11-13H2,1H3/t17-/m1/s1. The first kappa shape index (κ1) is 16.4. The van der Waals surface area contributed by atoms with Crippen molar-refractivity contribution in [3.8, 4) is 0 Å². The molecule has 3 aromatic rings. The molecule has 1 saturated heterocycles. The van der Waals surface area contributed by atoms with Gasteiger partial charge in [0.15, 0.2) is 0 Å². The summed E-state index contributed by atoms with van der Waals surface area (Å²) in [4.78, 5) is 23.7. The normalized spacial score (nSPS) is 21.0. The Hall–Kier alpha value is -2.73. The van der Waals surface area contributed by atoms with E-state index >= 15 is 0 Å². The number of nitrogens with zero attached hydrogens (tertiary/aromatic N) is 4. The van der Waals surface area contributed by atoms with E-state index in [0.29, 0.717) is 36.7 Å². The zero-order valence-corrected chi connectivity index (χ0v) is 15.3. The van der Waals surface area contributed by atoms with Crippen LogP contribution in [0, 0.1) is 6.92 Å². The maximum absolute atomic E-state index is 13.2. The smallest absolute Gasteiger partial charge is 0.272 e. The molecule has 6 heteroatoms. The van der Waals surface area contributed by atoms with Gasteiger partial charge in [-0.3, -0.25) is 9.20 Å². The van der Waals surface area contributed by atoms with Crippen LogP contribution in [-0.4, -0.2) is 49.5 Å². The molecule has 1 aromatic carbocycles. The number of benzene rings is 1. The highest BCUT2D eigenvalue weighted by atomic mass is 16.3. The lowest BCUT2D eigenvalue weighted by Crippen LogP contribution is -2.49. The summed E-state index contributed by atoms with van der Waals surface area (Å²) in [6, 6.07) is 10.1. The number of aryl methyl sites for hydroxylation is 1. The number of rotatable bonds is 1. The Balaban J connectivity index is 1.42. The van der Waals surface area contributed by atoms with Gasteiger partial charge in [-0.25, -0.2) is 9.97 Å². The third-order valence-electron chi connectivity index (χ3n) is 6.33. The second-order valence-corrected chi connectivity index (χ2v) is 7.66. The van der Waals surface area contributed by atoms with Gasteiger partial charge in [0.25, 0.3) is 5.91 Å². The molecule has 1 aliphatic heterocycles. The van der Waals surface area contributed by atoms with Crippen LogP contribution in [0.2, 0.25) is 0 Å². The van der Waals surface area contributed by atoms with Crippen LogP contribution < -0.4 is 0 Å². The summed E-state index contributed by atoms with van der Waals surface area (Å²) in [5.74, 6) is 0.538. The van der Waals surface area contributed by atoms with Gasteiger partial charge in [-0.05, 0) is 43.4 Å². The van der Waals surface area contributed by atoms with E-state index in [0.717, 1.165) is 12.8 Å². The SMILES string of the molecule is Cc1nc2ncccn2c1C(=O)N1CCC2(CC1)c1ccccc1C[C@H]2O. The number of imidazole rings is 1. The van der Waals surface area contributed by atoms with E-state index in [4.69, 9.17) is 0 Å². The summed E-state index contributed by atoms with van der Waals surface area (Å²) in [5.41, 5.74) is 3.57. The summed E-state index contributed by atoms with van der Waals surface area (Å²) in [6.07, 6.45) is 5.42. The van der Waals surface area contributed by atoms with Crippen molar-refractivity contribution in [1.82, 2.24) is 19.3 Å². The zero-order valence-electron chi connectivity index (χ0n) is 15.3. The molecule has 2 aliphatic rings. The van der Waals surface area contributed by atoms with Gasteiger partial charge < -0.3 is 10.0 Å². The molecule has 0 saturated carbocycles. The number of likely N-dealkylation sites (tertiary alicyclic amines) is 1. The first-order valence-electron chi connectivity index (χ1n) is 9.45. The quantitative estimate of drug-likeness (QED) is 0.720. The number of hydrogen-bond donors (Lipinski definition) is 1. The van der Waals surface area contributed by atoms with E-state index in [1.54, 1.807) is 10.6 Å². The van der Waals surface area contributed by atoms with Crippen molar-refractivity contribution in [3.05, 3.63) is 65.2 Å². The van der Waals surface area contributed by atoms with E-state index in [1.165, 1.54) is 11.1 Å². The van der Waals surface area contributed by atoms with Crippen LogP contribution in [0.15, 0.2) is 42.7 Å². The summed E-state index contributed by atoms with van der Waals surface area (Å²) in [5, 5.41) is 10.8. The number of hydrogen-bond acceptors (Lipinski definition) is 4. The molecule has 1 fully saturated rings. The second-order valence-electron chi connectivity index (χ2n) is 7.66. The van der Waals surface area contributed by atoms with E-state index < -0.39 is 0 Å². The van der Waals surface area contributed by atoms with Crippen LogP contribution in [0.1, 0.15) is 40.2 Å². The predicted molar refractivity (Wildman–Crippen MR) is 101 cm³/mol. The number of piperidine rings is 1.